The number of nitrogens with one attached hydrogen (secondary N) is 1. The molecule has 4 heterocycles. The molecule has 2 aliphatic rings. The Labute approximate surface area is 172 Å². The maximum Gasteiger partial charge on any atom is 0.160 e. The summed E-state index contributed by atoms with van der Waals surface area (Å²) >= 11 is 0. The van der Waals surface area contributed by atoms with E-state index in [0.717, 1.165) is 56.1 Å². The van der Waals surface area contributed by atoms with Crippen LogP contribution < -0.4 is 5.32 Å². The van der Waals surface area contributed by atoms with Gasteiger partial charge in [-0.1, -0.05) is 30.3 Å². The van der Waals surface area contributed by atoms with Crippen LogP contribution in [0.2, 0.25) is 0 Å². The lowest BCUT2D eigenvalue weighted by molar-refractivity contribution is 0.175. The van der Waals surface area contributed by atoms with Gasteiger partial charge in [0.1, 0.15) is 11.3 Å². The number of fused-ring (bicyclic) bond motifs is 1. The van der Waals surface area contributed by atoms with Crippen LogP contribution in [0.15, 0.2) is 48.7 Å². The summed E-state index contributed by atoms with van der Waals surface area (Å²) in [6, 6.07) is 14.9. The molecule has 2 fully saturated rings. The van der Waals surface area contributed by atoms with Crippen LogP contribution in [0, 0.1) is 6.92 Å². The zero-order chi connectivity index (χ0) is 20.1. The lowest BCUT2D eigenvalue weighted by atomic mass is 10.1. The van der Waals surface area contributed by atoms with Crippen molar-refractivity contribution in [1.29, 1.82) is 0 Å². The molecule has 0 radical (unpaired) electrons. The van der Waals surface area contributed by atoms with Crippen LogP contribution in [0.4, 0.5) is 0 Å². The van der Waals surface area contributed by atoms with Gasteiger partial charge >= 0.3 is 0 Å². The highest BCUT2D eigenvalue weighted by Crippen LogP contribution is 2.25. The molecule has 0 spiro atoms. The van der Waals surface area contributed by atoms with Crippen molar-refractivity contribution in [2.24, 2.45) is 0 Å². The van der Waals surface area contributed by atoms with E-state index >= 15 is 0 Å². The highest BCUT2D eigenvalue weighted by Gasteiger charge is 2.20. The van der Waals surface area contributed by atoms with E-state index in [-0.39, 0.29) is 6.10 Å². The average molecular weight is 394 g/mol. The van der Waals surface area contributed by atoms with Crippen molar-refractivity contribution >= 4 is 11.2 Å². The molecule has 154 valence electrons. The minimum atomic E-state index is -0.108. The molecule has 2 aromatic heterocycles. The minimum Gasteiger partial charge on any atom is -0.392 e. The Kier molecular flexibility index (Phi) is 6.54. The van der Waals surface area contributed by atoms with E-state index in [9.17, 15) is 5.11 Å². The molecule has 0 saturated carbocycles. The molecule has 1 aromatic carbocycles. The second-order valence-corrected chi connectivity index (χ2v) is 8.02. The number of aliphatic hydroxyl groups is 1. The van der Waals surface area contributed by atoms with Crippen LogP contribution in [0.25, 0.3) is 11.2 Å². The summed E-state index contributed by atoms with van der Waals surface area (Å²) in [5.41, 5.74) is 3.38. The van der Waals surface area contributed by atoms with E-state index in [1.807, 2.05) is 24.4 Å². The predicted octanol–water partition coefficient (Wildman–Crippen LogP) is 2.92. The fraction of sp³-hybridized carbons (Fsp3) is 0.478. The number of piperidine rings is 1. The van der Waals surface area contributed by atoms with Crippen molar-refractivity contribution in [3.8, 4) is 0 Å². The van der Waals surface area contributed by atoms with Gasteiger partial charge in [-0.2, -0.15) is 0 Å². The molecule has 6 heteroatoms. The number of aromatic nitrogens is 3. The van der Waals surface area contributed by atoms with Gasteiger partial charge in [0.15, 0.2) is 5.65 Å². The predicted molar refractivity (Wildman–Crippen MR) is 116 cm³/mol. The largest absolute Gasteiger partial charge is 0.392 e. The highest BCUT2D eigenvalue weighted by atomic mass is 16.3. The van der Waals surface area contributed by atoms with Gasteiger partial charge in [-0.25, -0.2) is 9.97 Å². The molecule has 6 nitrogen and oxygen atoms in total. The van der Waals surface area contributed by atoms with E-state index < -0.39 is 0 Å². The number of rotatable bonds is 3. The van der Waals surface area contributed by atoms with Gasteiger partial charge < -0.3 is 15.0 Å². The number of β-amino-alcohol motifs (C(OH)–C–C–N with tert-alkyl or cyclic N) is 1. The van der Waals surface area contributed by atoms with Crippen LogP contribution in [0.3, 0.4) is 0 Å². The third-order valence-corrected chi connectivity index (χ3v) is 5.80. The Balaban J connectivity index is 0.000000145. The minimum absolute atomic E-state index is 0.108. The maximum atomic E-state index is 9.34. The number of aliphatic hydroxyl groups excluding tert-OH is 1. The van der Waals surface area contributed by atoms with E-state index in [2.05, 4.69) is 55.9 Å². The van der Waals surface area contributed by atoms with Crippen molar-refractivity contribution in [3.63, 3.8) is 0 Å². The lowest BCUT2D eigenvalue weighted by Crippen LogP contribution is -2.29. The molecule has 5 rings (SSSR count). The molecule has 2 aliphatic heterocycles. The first kappa shape index (κ1) is 20.0. The van der Waals surface area contributed by atoms with Crippen molar-refractivity contribution in [1.82, 2.24) is 24.8 Å². The van der Waals surface area contributed by atoms with Crippen LogP contribution in [0.1, 0.15) is 36.7 Å². The van der Waals surface area contributed by atoms with Crippen LogP contribution in [-0.2, 0) is 6.54 Å². The highest BCUT2D eigenvalue weighted by molar-refractivity contribution is 5.71. The summed E-state index contributed by atoms with van der Waals surface area (Å²) < 4.78 is 2.30. The van der Waals surface area contributed by atoms with Crippen LogP contribution in [0.5, 0.6) is 0 Å². The molecule has 29 heavy (non-hydrogen) atoms. The maximum absolute atomic E-state index is 9.34. The average Bonchev–Trinajstić information content (AvgIpc) is 3.31. The molecular formula is C23H31N5O. The molecule has 0 amide bonds. The van der Waals surface area contributed by atoms with Crippen molar-refractivity contribution < 1.29 is 5.11 Å². The number of pyridine rings is 1. The topological polar surface area (TPSA) is 66.2 Å². The summed E-state index contributed by atoms with van der Waals surface area (Å²) in [5.74, 6) is 1.08. The van der Waals surface area contributed by atoms with E-state index in [1.165, 1.54) is 18.4 Å². The lowest BCUT2D eigenvalue weighted by Gasteiger charge is -2.25. The van der Waals surface area contributed by atoms with Gasteiger partial charge in [0.25, 0.3) is 0 Å². The first-order valence-electron chi connectivity index (χ1n) is 10.7. The smallest absolute Gasteiger partial charge is 0.160 e. The fourth-order valence-electron chi connectivity index (χ4n) is 4.34. The molecule has 0 bridgehead atoms. The summed E-state index contributed by atoms with van der Waals surface area (Å²) in [4.78, 5) is 11.3. The molecular weight excluding hydrogens is 362 g/mol. The first-order chi connectivity index (χ1) is 14.2. The Morgan fingerprint density at radius 3 is 2.59 bits per heavy atom. The molecule has 3 aromatic rings. The fourth-order valence-corrected chi connectivity index (χ4v) is 4.34. The number of likely N-dealkylation sites (tertiary alicyclic amines) is 1. The summed E-state index contributed by atoms with van der Waals surface area (Å²) in [7, 11) is 0. The Bertz CT molecular complexity index is 904. The zero-order valence-electron chi connectivity index (χ0n) is 17.2. The zero-order valence-corrected chi connectivity index (χ0v) is 17.2. The van der Waals surface area contributed by atoms with Gasteiger partial charge in [0, 0.05) is 31.9 Å². The van der Waals surface area contributed by atoms with Crippen molar-refractivity contribution in [2.45, 2.75) is 44.9 Å². The van der Waals surface area contributed by atoms with Gasteiger partial charge in [0.05, 0.1) is 6.10 Å². The third kappa shape index (κ3) is 5.01. The number of hydrogen-bond donors (Lipinski definition) is 2. The first-order valence-corrected chi connectivity index (χ1v) is 10.7. The molecule has 1 atom stereocenters. The number of imidazole rings is 1. The number of nitrogens with zero attached hydrogens (tertiary/aromatic N) is 4. The number of hydrogen-bond acceptors (Lipinski definition) is 5. The summed E-state index contributed by atoms with van der Waals surface area (Å²) in [6.07, 6.45) is 5.00. The second-order valence-electron chi connectivity index (χ2n) is 8.02. The number of benzene rings is 1. The number of aryl methyl sites for hydroxylation is 1. The Morgan fingerprint density at radius 2 is 1.86 bits per heavy atom. The van der Waals surface area contributed by atoms with E-state index in [0.29, 0.717) is 6.04 Å². The third-order valence-electron chi connectivity index (χ3n) is 5.80. The van der Waals surface area contributed by atoms with E-state index in [1.54, 1.807) is 0 Å². The van der Waals surface area contributed by atoms with Gasteiger partial charge in [-0.05, 0) is 57.0 Å². The van der Waals surface area contributed by atoms with Crippen molar-refractivity contribution in [2.75, 3.05) is 26.2 Å². The summed E-state index contributed by atoms with van der Waals surface area (Å²) in [5, 5.41) is 12.7. The normalized spacial score (nSPS) is 20.6. The Morgan fingerprint density at radius 1 is 1.07 bits per heavy atom. The summed E-state index contributed by atoms with van der Waals surface area (Å²) in [6.45, 7) is 7.08. The molecule has 1 unspecified atom stereocenters. The standard InChI is InChI=1S/C12H16N4.C11H15NO/c1-9-15-11-3-2-6-14-12(11)16(9)10-4-7-13-8-5-10;13-11-6-7-12(9-11)8-10-4-2-1-3-5-10/h2-3,6,10,13H,4-5,7-8H2,1H3;1-5,11,13H,6-9H2. The quantitative estimate of drug-likeness (QED) is 0.716. The van der Waals surface area contributed by atoms with Crippen molar-refractivity contribution in [3.05, 3.63) is 60.0 Å². The van der Waals surface area contributed by atoms with Crippen LogP contribution >= 0.6 is 0 Å². The van der Waals surface area contributed by atoms with Crippen LogP contribution in [-0.4, -0.2) is 56.8 Å². The molecule has 0 aliphatic carbocycles. The van der Waals surface area contributed by atoms with E-state index in [4.69, 9.17) is 0 Å². The van der Waals surface area contributed by atoms with Gasteiger partial charge in [0.2, 0.25) is 0 Å². The Hall–Kier alpha value is -2.28. The SMILES string of the molecule is Cc1nc2cccnc2n1C1CCNCC1.OC1CCN(Cc2ccccc2)C1. The van der Waals surface area contributed by atoms with Gasteiger partial charge in [-0.3, -0.25) is 4.90 Å². The van der Waals surface area contributed by atoms with Gasteiger partial charge in [-0.15, -0.1) is 0 Å². The molecule has 2 N–H and O–H groups in total. The second kappa shape index (κ2) is 9.48. The monoisotopic (exact) mass is 393 g/mol. The molecule has 2 saturated heterocycles.